The van der Waals surface area contributed by atoms with E-state index in [-0.39, 0.29) is 5.91 Å². The fraction of sp³-hybridized carbons (Fsp3) is 0. The molecule has 1 aromatic heterocycles. The number of thiophene rings is 1. The van der Waals surface area contributed by atoms with E-state index in [2.05, 4.69) is 5.32 Å². The number of nitrogen functional groups attached to an aromatic ring is 1. The quantitative estimate of drug-likeness (QED) is 0.795. The summed E-state index contributed by atoms with van der Waals surface area (Å²) in [5, 5.41) is 13.8. The number of anilines is 2. The lowest BCUT2D eigenvalue weighted by molar-refractivity contribution is 0.102. The largest absolute Gasteiger partial charge is 0.399 e. The van der Waals surface area contributed by atoms with Crippen LogP contribution in [-0.2, 0) is 0 Å². The molecule has 0 spiro atoms. The molecule has 0 bridgehead atoms. The Labute approximate surface area is 102 Å². The maximum atomic E-state index is 11.8. The van der Waals surface area contributed by atoms with Gasteiger partial charge in [0.15, 0.2) is 0 Å². The summed E-state index contributed by atoms with van der Waals surface area (Å²) >= 11 is 1.32. The molecule has 0 fully saturated rings. The summed E-state index contributed by atoms with van der Waals surface area (Å²) < 4.78 is 0. The number of amides is 1. The Morgan fingerprint density at radius 2 is 2.00 bits per heavy atom. The molecule has 0 aliphatic carbocycles. The molecule has 3 N–H and O–H groups in total. The van der Waals surface area contributed by atoms with Crippen LogP contribution in [0, 0.1) is 11.3 Å². The second kappa shape index (κ2) is 4.68. The first-order valence-electron chi connectivity index (χ1n) is 4.85. The molecule has 4 nitrogen and oxygen atoms in total. The third-order valence-corrected chi connectivity index (χ3v) is 3.02. The summed E-state index contributed by atoms with van der Waals surface area (Å²) in [4.78, 5) is 11.8. The van der Waals surface area contributed by atoms with Crippen molar-refractivity contribution in [3.05, 3.63) is 46.8 Å². The molecule has 17 heavy (non-hydrogen) atoms. The zero-order chi connectivity index (χ0) is 12.3. The number of hydrogen-bond donors (Lipinski definition) is 2. The first kappa shape index (κ1) is 11.2. The van der Waals surface area contributed by atoms with Crippen molar-refractivity contribution in [3.63, 3.8) is 0 Å². The van der Waals surface area contributed by atoms with Crippen molar-refractivity contribution in [2.24, 2.45) is 0 Å². The van der Waals surface area contributed by atoms with E-state index in [4.69, 9.17) is 11.0 Å². The number of rotatable bonds is 2. The predicted molar refractivity (Wildman–Crippen MR) is 67.8 cm³/mol. The van der Waals surface area contributed by atoms with E-state index >= 15 is 0 Å². The average molecular weight is 243 g/mol. The van der Waals surface area contributed by atoms with Crippen molar-refractivity contribution in [1.82, 2.24) is 0 Å². The highest BCUT2D eigenvalue weighted by Crippen LogP contribution is 2.22. The molecule has 0 aliphatic heterocycles. The van der Waals surface area contributed by atoms with Crippen LogP contribution in [0.4, 0.5) is 10.7 Å². The Bertz CT molecular complexity index is 581. The van der Waals surface area contributed by atoms with Gasteiger partial charge in [-0.1, -0.05) is 0 Å². The fourth-order valence-electron chi connectivity index (χ4n) is 1.30. The Kier molecular flexibility index (Phi) is 3.08. The Morgan fingerprint density at radius 3 is 2.65 bits per heavy atom. The van der Waals surface area contributed by atoms with Crippen LogP contribution in [0.25, 0.3) is 0 Å². The molecular formula is C12H9N3OS. The Balaban J connectivity index is 2.18. The summed E-state index contributed by atoms with van der Waals surface area (Å²) in [5.41, 5.74) is 7.12. The van der Waals surface area contributed by atoms with Gasteiger partial charge in [0.25, 0.3) is 5.91 Å². The van der Waals surface area contributed by atoms with Crippen LogP contribution in [0.15, 0.2) is 35.7 Å². The van der Waals surface area contributed by atoms with Crippen molar-refractivity contribution in [3.8, 4) is 6.07 Å². The van der Waals surface area contributed by atoms with Crippen LogP contribution in [0.3, 0.4) is 0 Å². The molecule has 5 heteroatoms. The molecule has 2 rings (SSSR count). The molecule has 0 saturated heterocycles. The van der Waals surface area contributed by atoms with E-state index in [1.54, 1.807) is 35.7 Å². The minimum absolute atomic E-state index is 0.246. The SMILES string of the molecule is N#Cc1ccsc1NC(=O)c1ccc(N)cc1. The standard InChI is InChI=1S/C12H9N3OS/c13-7-9-5-6-17-12(9)15-11(16)8-1-3-10(14)4-2-8/h1-6H,14H2,(H,15,16). The highest BCUT2D eigenvalue weighted by atomic mass is 32.1. The number of nitrogens with zero attached hydrogens (tertiary/aromatic N) is 1. The molecule has 1 aromatic carbocycles. The van der Waals surface area contributed by atoms with Gasteiger partial charge in [-0.25, -0.2) is 0 Å². The first-order chi connectivity index (χ1) is 8.20. The van der Waals surface area contributed by atoms with Gasteiger partial charge in [0.1, 0.15) is 11.1 Å². The van der Waals surface area contributed by atoms with Crippen molar-refractivity contribution >= 4 is 27.9 Å². The molecule has 1 heterocycles. The lowest BCUT2D eigenvalue weighted by Gasteiger charge is -2.03. The minimum atomic E-state index is -0.246. The lowest BCUT2D eigenvalue weighted by atomic mass is 10.2. The monoisotopic (exact) mass is 243 g/mol. The van der Waals surface area contributed by atoms with Gasteiger partial charge >= 0.3 is 0 Å². The van der Waals surface area contributed by atoms with Crippen LogP contribution in [0.2, 0.25) is 0 Å². The number of carbonyl (C=O) groups is 1. The molecule has 0 atom stereocenters. The molecule has 0 saturated carbocycles. The fourth-order valence-corrected chi connectivity index (χ4v) is 2.04. The molecular weight excluding hydrogens is 234 g/mol. The Morgan fingerprint density at radius 1 is 1.29 bits per heavy atom. The van der Waals surface area contributed by atoms with Crippen LogP contribution < -0.4 is 11.1 Å². The van der Waals surface area contributed by atoms with Gasteiger partial charge in [0.05, 0.1) is 5.56 Å². The van der Waals surface area contributed by atoms with Crippen molar-refractivity contribution in [2.75, 3.05) is 11.1 Å². The average Bonchev–Trinajstić information content (AvgIpc) is 2.77. The molecule has 2 aromatic rings. The van der Waals surface area contributed by atoms with Crippen LogP contribution in [-0.4, -0.2) is 5.91 Å². The van der Waals surface area contributed by atoms with Gasteiger partial charge in [-0.2, -0.15) is 5.26 Å². The van der Waals surface area contributed by atoms with Gasteiger partial charge in [0, 0.05) is 11.3 Å². The topological polar surface area (TPSA) is 78.9 Å². The third kappa shape index (κ3) is 2.44. The van der Waals surface area contributed by atoms with E-state index in [1.807, 2.05) is 6.07 Å². The zero-order valence-electron chi connectivity index (χ0n) is 8.81. The lowest BCUT2D eigenvalue weighted by Crippen LogP contribution is -2.11. The maximum absolute atomic E-state index is 11.8. The molecule has 0 aliphatic rings. The normalized spacial score (nSPS) is 9.59. The van der Waals surface area contributed by atoms with Crippen LogP contribution in [0.1, 0.15) is 15.9 Å². The second-order valence-electron chi connectivity index (χ2n) is 3.35. The van der Waals surface area contributed by atoms with Crippen LogP contribution in [0.5, 0.6) is 0 Å². The van der Waals surface area contributed by atoms with Gasteiger partial charge in [0.2, 0.25) is 0 Å². The van der Waals surface area contributed by atoms with E-state index in [1.165, 1.54) is 11.3 Å². The van der Waals surface area contributed by atoms with Crippen LogP contribution >= 0.6 is 11.3 Å². The summed E-state index contributed by atoms with van der Waals surface area (Å²) in [7, 11) is 0. The van der Waals surface area contributed by atoms with E-state index < -0.39 is 0 Å². The van der Waals surface area contributed by atoms with Gasteiger partial charge in [-0.05, 0) is 35.7 Å². The minimum Gasteiger partial charge on any atom is -0.399 e. The van der Waals surface area contributed by atoms with E-state index in [0.29, 0.717) is 21.8 Å². The maximum Gasteiger partial charge on any atom is 0.256 e. The summed E-state index contributed by atoms with van der Waals surface area (Å²) in [6.45, 7) is 0. The van der Waals surface area contributed by atoms with Crippen molar-refractivity contribution in [2.45, 2.75) is 0 Å². The first-order valence-corrected chi connectivity index (χ1v) is 5.73. The molecule has 0 unspecified atom stereocenters. The van der Waals surface area contributed by atoms with Gasteiger partial charge in [-0.15, -0.1) is 11.3 Å². The number of hydrogen-bond acceptors (Lipinski definition) is 4. The number of benzene rings is 1. The second-order valence-corrected chi connectivity index (χ2v) is 4.27. The summed E-state index contributed by atoms with van der Waals surface area (Å²) in [6, 6.07) is 10.3. The molecule has 0 radical (unpaired) electrons. The van der Waals surface area contributed by atoms with E-state index in [0.717, 1.165) is 0 Å². The smallest absolute Gasteiger partial charge is 0.256 e. The zero-order valence-corrected chi connectivity index (χ0v) is 9.62. The van der Waals surface area contributed by atoms with E-state index in [9.17, 15) is 4.79 Å². The number of nitrogens with one attached hydrogen (secondary N) is 1. The van der Waals surface area contributed by atoms with Crippen molar-refractivity contribution < 1.29 is 4.79 Å². The number of nitriles is 1. The molecule has 84 valence electrons. The number of nitrogens with two attached hydrogens (primary N) is 1. The Hall–Kier alpha value is -2.32. The van der Waals surface area contributed by atoms with Gasteiger partial charge in [-0.3, -0.25) is 4.79 Å². The van der Waals surface area contributed by atoms with Gasteiger partial charge < -0.3 is 11.1 Å². The highest BCUT2D eigenvalue weighted by Gasteiger charge is 2.09. The number of carbonyl (C=O) groups excluding carboxylic acids is 1. The third-order valence-electron chi connectivity index (χ3n) is 2.19. The summed E-state index contributed by atoms with van der Waals surface area (Å²) in [5.74, 6) is -0.246. The molecule has 1 amide bonds. The van der Waals surface area contributed by atoms with Crippen molar-refractivity contribution in [1.29, 1.82) is 5.26 Å². The summed E-state index contributed by atoms with van der Waals surface area (Å²) in [6.07, 6.45) is 0. The highest BCUT2D eigenvalue weighted by molar-refractivity contribution is 7.14. The predicted octanol–water partition coefficient (Wildman–Crippen LogP) is 2.45.